The van der Waals surface area contributed by atoms with Crippen LogP contribution in [0, 0.1) is 0 Å². The molecule has 0 spiro atoms. The summed E-state index contributed by atoms with van der Waals surface area (Å²) >= 11 is 0. The number of anilines is 2. The molecular weight excluding hydrogens is 268 g/mol. The van der Waals surface area contributed by atoms with Gasteiger partial charge in [0.25, 0.3) is 0 Å². The summed E-state index contributed by atoms with van der Waals surface area (Å²) in [6.07, 6.45) is 2.50. The van der Waals surface area contributed by atoms with Crippen molar-refractivity contribution in [3.05, 3.63) is 11.9 Å². The Labute approximate surface area is 126 Å². The van der Waals surface area contributed by atoms with Gasteiger partial charge in [0.1, 0.15) is 18.2 Å². The number of nitrogens with zero attached hydrogens (tertiary/aromatic N) is 2. The second-order valence-corrected chi connectivity index (χ2v) is 5.21. The van der Waals surface area contributed by atoms with E-state index in [1.54, 1.807) is 0 Å². The zero-order chi connectivity index (χ0) is 15.1. The Morgan fingerprint density at radius 3 is 2.86 bits per heavy atom. The fraction of sp³-hybridized carbons (Fsp3) is 0.733. The summed E-state index contributed by atoms with van der Waals surface area (Å²) in [7, 11) is 0. The van der Waals surface area contributed by atoms with Gasteiger partial charge in [-0.2, -0.15) is 0 Å². The molecule has 6 nitrogen and oxygen atoms in total. The van der Waals surface area contributed by atoms with Crippen molar-refractivity contribution in [2.45, 2.75) is 52.4 Å². The molecule has 0 radical (unpaired) electrons. The molecule has 118 valence electrons. The fourth-order valence-corrected chi connectivity index (χ4v) is 2.42. The molecule has 1 aliphatic heterocycles. The highest BCUT2D eigenvalue weighted by Gasteiger charge is 2.22. The summed E-state index contributed by atoms with van der Waals surface area (Å²) in [4.78, 5) is 8.97. The van der Waals surface area contributed by atoms with Crippen LogP contribution in [0.3, 0.4) is 0 Å². The number of aromatic nitrogens is 2. The van der Waals surface area contributed by atoms with Crippen molar-refractivity contribution in [2.24, 2.45) is 0 Å². The summed E-state index contributed by atoms with van der Waals surface area (Å²) in [6, 6.07) is 2.17. The molecule has 0 saturated carbocycles. The van der Waals surface area contributed by atoms with Crippen LogP contribution in [-0.2, 0) is 16.1 Å². The Hall–Kier alpha value is -1.40. The van der Waals surface area contributed by atoms with Crippen LogP contribution >= 0.6 is 0 Å². The van der Waals surface area contributed by atoms with Crippen LogP contribution in [0.5, 0.6) is 0 Å². The van der Waals surface area contributed by atoms with Crippen LogP contribution < -0.4 is 10.6 Å². The molecule has 1 fully saturated rings. The maximum Gasteiger partial charge on any atom is 0.158 e. The van der Waals surface area contributed by atoms with Gasteiger partial charge in [-0.25, -0.2) is 9.97 Å². The monoisotopic (exact) mass is 294 g/mol. The van der Waals surface area contributed by atoms with Gasteiger partial charge in [0.15, 0.2) is 5.82 Å². The van der Waals surface area contributed by atoms with Gasteiger partial charge in [-0.15, -0.1) is 0 Å². The van der Waals surface area contributed by atoms with Gasteiger partial charge in [0.2, 0.25) is 0 Å². The lowest BCUT2D eigenvalue weighted by molar-refractivity contribution is 0.0995. The fourth-order valence-electron chi connectivity index (χ4n) is 2.42. The Morgan fingerprint density at radius 1 is 1.38 bits per heavy atom. The summed E-state index contributed by atoms with van der Waals surface area (Å²) in [5, 5.41) is 6.66. The number of ether oxygens (including phenoxy) is 2. The highest BCUT2D eigenvalue weighted by molar-refractivity contribution is 5.48. The van der Waals surface area contributed by atoms with Crippen molar-refractivity contribution in [2.75, 3.05) is 30.4 Å². The number of rotatable bonds is 8. The lowest BCUT2D eigenvalue weighted by atomic mass is 10.1. The van der Waals surface area contributed by atoms with E-state index >= 15 is 0 Å². The van der Waals surface area contributed by atoms with E-state index in [1.807, 2.05) is 19.9 Å². The summed E-state index contributed by atoms with van der Waals surface area (Å²) < 4.78 is 11.1. The van der Waals surface area contributed by atoms with Gasteiger partial charge in [-0.3, -0.25) is 0 Å². The standard InChI is InChI=1S/C15H26N4O2/c1-4-16-13-9-14(19-15(18-13)10-20-5-2)17-11(3)12-7-6-8-21-12/h9,11-12H,4-8,10H2,1-3H3,(H2,16,17,18,19). The van der Waals surface area contributed by atoms with Crippen molar-refractivity contribution in [3.63, 3.8) is 0 Å². The largest absolute Gasteiger partial charge is 0.376 e. The molecule has 2 atom stereocenters. The minimum Gasteiger partial charge on any atom is -0.376 e. The molecule has 2 unspecified atom stereocenters. The van der Waals surface area contributed by atoms with Crippen molar-refractivity contribution in [1.29, 1.82) is 0 Å². The molecule has 2 rings (SSSR count). The number of hydrogen-bond acceptors (Lipinski definition) is 6. The first-order chi connectivity index (χ1) is 10.2. The molecule has 1 saturated heterocycles. The van der Waals surface area contributed by atoms with E-state index < -0.39 is 0 Å². The van der Waals surface area contributed by atoms with Gasteiger partial charge in [0.05, 0.1) is 12.1 Å². The molecule has 0 bridgehead atoms. The zero-order valence-electron chi connectivity index (χ0n) is 13.2. The van der Waals surface area contributed by atoms with E-state index in [1.165, 1.54) is 0 Å². The van der Waals surface area contributed by atoms with Crippen molar-refractivity contribution in [3.8, 4) is 0 Å². The van der Waals surface area contributed by atoms with E-state index in [0.717, 1.165) is 37.6 Å². The van der Waals surface area contributed by atoms with Crippen LogP contribution in [0.1, 0.15) is 39.4 Å². The molecule has 1 aromatic rings. The first kappa shape index (κ1) is 16.0. The summed E-state index contributed by atoms with van der Waals surface area (Å²) in [5.41, 5.74) is 0. The Kier molecular flexibility index (Phi) is 6.20. The molecule has 2 heterocycles. The molecule has 0 aromatic carbocycles. The Morgan fingerprint density at radius 2 is 2.19 bits per heavy atom. The lowest BCUT2D eigenvalue weighted by Crippen LogP contribution is -2.30. The average molecular weight is 294 g/mol. The van der Waals surface area contributed by atoms with Crippen molar-refractivity contribution in [1.82, 2.24) is 9.97 Å². The van der Waals surface area contributed by atoms with Gasteiger partial charge < -0.3 is 20.1 Å². The summed E-state index contributed by atoms with van der Waals surface area (Å²) in [5.74, 6) is 2.33. The van der Waals surface area contributed by atoms with Crippen LogP contribution in [0.25, 0.3) is 0 Å². The first-order valence-corrected chi connectivity index (χ1v) is 7.80. The average Bonchev–Trinajstić information content (AvgIpc) is 2.99. The van der Waals surface area contributed by atoms with E-state index in [4.69, 9.17) is 9.47 Å². The van der Waals surface area contributed by atoms with Crippen LogP contribution in [0.4, 0.5) is 11.6 Å². The highest BCUT2D eigenvalue weighted by Crippen LogP contribution is 2.19. The normalized spacial score (nSPS) is 19.5. The van der Waals surface area contributed by atoms with E-state index in [9.17, 15) is 0 Å². The zero-order valence-corrected chi connectivity index (χ0v) is 13.2. The molecule has 2 N–H and O–H groups in total. The minimum absolute atomic E-state index is 0.233. The van der Waals surface area contributed by atoms with E-state index in [2.05, 4.69) is 27.5 Å². The topological polar surface area (TPSA) is 68.3 Å². The maximum atomic E-state index is 5.71. The van der Waals surface area contributed by atoms with Crippen molar-refractivity contribution >= 4 is 11.6 Å². The lowest BCUT2D eigenvalue weighted by Gasteiger charge is -2.21. The number of hydrogen-bond donors (Lipinski definition) is 2. The molecule has 6 heteroatoms. The molecule has 1 aliphatic rings. The summed E-state index contributed by atoms with van der Waals surface area (Å²) in [6.45, 7) is 8.92. The van der Waals surface area contributed by atoms with E-state index in [0.29, 0.717) is 19.0 Å². The highest BCUT2D eigenvalue weighted by atomic mass is 16.5. The van der Waals surface area contributed by atoms with Gasteiger partial charge in [-0.05, 0) is 33.6 Å². The predicted molar refractivity (Wildman–Crippen MR) is 83.6 cm³/mol. The molecule has 21 heavy (non-hydrogen) atoms. The Bertz CT molecular complexity index is 436. The third-order valence-corrected chi connectivity index (χ3v) is 3.46. The second-order valence-electron chi connectivity index (χ2n) is 5.21. The van der Waals surface area contributed by atoms with Crippen LogP contribution in [-0.4, -0.2) is 41.9 Å². The van der Waals surface area contributed by atoms with Crippen LogP contribution in [0.15, 0.2) is 6.07 Å². The third-order valence-electron chi connectivity index (χ3n) is 3.46. The van der Waals surface area contributed by atoms with Crippen molar-refractivity contribution < 1.29 is 9.47 Å². The number of nitrogens with one attached hydrogen (secondary N) is 2. The molecule has 0 amide bonds. The van der Waals surface area contributed by atoms with Gasteiger partial charge in [0, 0.05) is 25.8 Å². The smallest absolute Gasteiger partial charge is 0.158 e. The SMILES string of the molecule is CCNc1cc(NC(C)C2CCCO2)nc(COCC)n1. The quantitative estimate of drug-likeness (QED) is 0.767. The maximum absolute atomic E-state index is 5.71. The second kappa shape index (κ2) is 8.14. The van der Waals surface area contributed by atoms with Crippen LogP contribution in [0.2, 0.25) is 0 Å². The van der Waals surface area contributed by atoms with Gasteiger partial charge >= 0.3 is 0 Å². The predicted octanol–water partition coefficient (Wildman–Crippen LogP) is 2.42. The van der Waals surface area contributed by atoms with Gasteiger partial charge in [-0.1, -0.05) is 0 Å². The molecule has 1 aromatic heterocycles. The molecule has 0 aliphatic carbocycles. The minimum atomic E-state index is 0.233. The third kappa shape index (κ3) is 4.82. The first-order valence-electron chi connectivity index (χ1n) is 7.80. The Balaban J connectivity index is 2.06. The van der Waals surface area contributed by atoms with E-state index in [-0.39, 0.29) is 12.1 Å². The molecular formula is C15H26N4O2.